The molecule has 0 bridgehead atoms. The summed E-state index contributed by atoms with van der Waals surface area (Å²) < 4.78 is 0. The normalized spacial score (nSPS) is 15.9. The highest BCUT2D eigenvalue weighted by Crippen LogP contribution is 2.23. The van der Waals surface area contributed by atoms with Crippen LogP contribution in [0.1, 0.15) is 38.4 Å². The molecule has 0 saturated heterocycles. The van der Waals surface area contributed by atoms with Crippen molar-refractivity contribution in [2.24, 2.45) is 0 Å². The monoisotopic (exact) mass is 186 g/mol. The fraction of sp³-hybridized carbons (Fsp3) is 0.667. The van der Waals surface area contributed by atoms with Crippen molar-refractivity contribution < 1.29 is 0 Å². The molecule has 2 nitrogen and oxygen atoms in total. The third-order valence-electron chi connectivity index (χ3n) is 2.01. The van der Waals surface area contributed by atoms with Crippen LogP contribution < -0.4 is 0 Å². The molecule has 3 heteroatoms. The molecule has 1 aromatic rings. The molecule has 0 aromatic carbocycles. The van der Waals surface area contributed by atoms with Crippen LogP contribution in [-0.2, 0) is 0 Å². The number of nitrogens with one attached hydrogen (secondary N) is 1. The van der Waals surface area contributed by atoms with E-state index in [9.17, 15) is 0 Å². The maximum absolute atomic E-state index is 5.93. The second-order valence-corrected chi connectivity index (χ2v) is 3.84. The van der Waals surface area contributed by atoms with E-state index in [1.165, 1.54) is 0 Å². The molecule has 12 heavy (non-hydrogen) atoms. The van der Waals surface area contributed by atoms with Crippen molar-refractivity contribution in [3.8, 4) is 0 Å². The maximum Gasteiger partial charge on any atom is 0.109 e. The molecule has 68 valence electrons. The topological polar surface area (TPSA) is 28.7 Å². The van der Waals surface area contributed by atoms with Gasteiger partial charge in [0.25, 0.3) is 0 Å². The standard InChI is InChI=1S/C9H15ClN2/c1-3-8(6-7(2)10)9-11-4-5-12-9/h4-5,7-8H,3,6H2,1-2H3,(H,11,12). The Bertz CT molecular complexity index is 206. The number of aromatic nitrogens is 2. The zero-order valence-electron chi connectivity index (χ0n) is 7.55. The quantitative estimate of drug-likeness (QED) is 0.720. The van der Waals surface area contributed by atoms with Gasteiger partial charge in [-0.3, -0.25) is 0 Å². The minimum atomic E-state index is 0.222. The summed E-state index contributed by atoms with van der Waals surface area (Å²) in [6.07, 6.45) is 5.73. The van der Waals surface area contributed by atoms with Gasteiger partial charge in [0.1, 0.15) is 5.82 Å². The van der Waals surface area contributed by atoms with E-state index < -0.39 is 0 Å². The number of hydrogen-bond acceptors (Lipinski definition) is 1. The molecule has 0 aliphatic heterocycles. The van der Waals surface area contributed by atoms with E-state index in [-0.39, 0.29) is 5.38 Å². The first-order valence-corrected chi connectivity index (χ1v) is 4.81. The van der Waals surface area contributed by atoms with Crippen LogP contribution in [0.3, 0.4) is 0 Å². The van der Waals surface area contributed by atoms with Crippen molar-refractivity contribution in [2.45, 2.75) is 38.0 Å². The Hall–Kier alpha value is -0.500. The van der Waals surface area contributed by atoms with Crippen molar-refractivity contribution >= 4 is 11.6 Å². The summed E-state index contributed by atoms with van der Waals surface area (Å²) >= 11 is 5.93. The van der Waals surface area contributed by atoms with E-state index in [2.05, 4.69) is 16.9 Å². The molecular formula is C9H15ClN2. The van der Waals surface area contributed by atoms with E-state index in [0.717, 1.165) is 18.7 Å². The molecule has 0 fully saturated rings. The number of alkyl halides is 1. The number of hydrogen-bond donors (Lipinski definition) is 1. The number of halogens is 1. The average molecular weight is 187 g/mol. The van der Waals surface area contributed by atoms with Crippen molar-refractivity contribution in [3.05, 3.63) is 18.2 Å². The molecule has 1 heterocycles. The van der Waals surface area contributed by atoms with E-state index in [4.69, 9.17) is 11.6 Å². The van der Waals surface area contributed by atoms with Crippen LogP contribution >= 0.6 is 11.6 Å². The second-order valence-electron chi connectivity index (χ2n) is 3.10. The van der Waals surface area contributed by atoms with Crippen LogP contribution in [0, 0.1) is 0 Å². The van der Waals surface area contributed by atoms with Crippen molar-refractivity contribution in [3.63, 3.8) is 0 Å². The Kier molecular flexibility index (Phi) is 3.60. The smallest absolute Gasteiger partial charge is 0.109 e. The Balaban J connectivity index is 2.57. The van der Waals surface area contributed by atoms with E-state index in [0.29, 0.717) is 5.92 Å². The summed E-state index contributed by atoms with van der Waals surface area (Å²) in [5, 5.41) is 0.222. The lowest BCUT2D eigenvalue weighted by Crippen LogP contribution is -2.05. The summed E-state index contributed by atoms with van der Waals surface area (Å²) in [5.41, 5.74) is 0. The van der Waals surface area contributed by atoms with E-state index in [1.54, 1.807) is 6.20 Å². The van der Waals surface area contributed by atoms with Crippen LogP contribution in [0.2, 0.25) is 0 Å². The highest BCUT2D eigenvalue weighted by Gasteiger charge is 2.13. The van der Waals surface area contributed by atoms with Gasteiger partial charge in [0, 0.05) is 23.7 Å². The van der Waals surface area contributed by atoms with Crippen molar-refractivity contribution in [1.82, 2.24) is 9.97 Å². The Morgan fingerprint density at radius 1 is 1.67 bits per heavy atom. The molecule has 0 radical (unpaired) electrons. The fourth-order valence-corrected chi connectivity index (χ4v) is 1.58. The zero-order valence-corrected chi connectivity index (χ0v) is 8.30. The lowest BCUT2D eigenvalue weighted by molar-refractivity contribution is 0.573. The fourth-order valence-electron chi connectivity index (χ4n) is 1.36. The van der Waals surface area contributed by atoms with Gasteiger partial charge in [-0.25, -0.2) is 4.98 Å². The van der Waals surface area contributed by atoms with Crippen LogP contribution in [0.25, 0.3) is 0 Å². The van der Waals surface area contributed by atoms with E-state index >= 15 is 0 Å². The first-order valence-electron chi connectivity index (χ1n) is 4.37. The average Bonchev–Trinajstić information content (AvgIpc) is 2.51. The summed E-state index contributed by atoms with van der Waals surface area (Å²) in [4.78, 5) is 7.35. The molecule has 1 N–H and O–H groups in total. The number of aromatic amines is 1. The maximum atomic E-state index is 5.93. The minimum Gasteiger partial charge on any atom is -0.348 e. The molecule has 0 amide bonds. The van der Waals surface area contributed by atoms with Crippen LogP contribution in [0.4, 0.5) is 0 Å². The third-order valence-corrected chi connectivity index (χ3v) is 2.19. The zero-order chi connectivity index (χ0) is 8.97. The molecular weight excluding hydrogens is 172 g/mol. The predicted octanol–water partition coefficient (Wildman–Crippen LogP) is 2.92. The summed E-state index contributed by atoms with van der Waals surface area (Å²) in [6.45, 7) is 4.18. The predicted molar refractivity (Wildman–Crippen MR) is 51.6 cm³/mol. The molecule has 0 spiro atoms. The lowest BCUT2D eigenvalue weighted by atomic mass is 10.00. The number of rotatable bonds is 4. The molecule has 0 saturated carbocycles. The van der Waals surface area contributed by atoms with Crippen molar-refractivity contribution in [2.75, 3.05) is 0 Å². The van der Waals surface area contributed by atoms with Gasteiger partial charge in [0.05, 0.1) is 0 Å². The Morgan fingerprint density at radius 3 is 2.83 bits per heavy atom. The Labute approximate surface area is 78.4 Å². The van der Waals surface area contributed by atoms with Crippen molar-refractivity contribution in [1.29, 1.82) is 0 Å². The van der Waals surface area contributed by atoms with Gasteiger partial charge in [-0.05, 0) is 19.8 Å². The molecule has 2 atom stereocenters. The third kappa shape index (κ3) is 2.52. The van der Waals surface area contributed by atoms with E-state index in [1.807, 2.05) is 13.1 Å². The van der Waals surface area contributed by atoms with Gasteiger partial charge < -0.3 is 4.98 Å². The molecule has 1 rings (SSSR count). The van der Waals surface area contributed by atoms with Gasteiger partial charge in [0.15, 0.2) is 0 Å². The molecule has 2 unspecified atom stereocenters. The first kappa shape index (κ1) is 9.59. The number of imidazole rings is 1. The van der Waals surface area contributed by atoms with Gasteiger partial charge in [-0.15, -0.1) is 11.6 Å². The van der Waals surface area contributed by atoms with Gasteiger partial charge in [-0.1, -0.05) is 6.92 Å². The van der Waals surface area contributed by atoms with Crippen LogP contribution in [0.15, 0.2) is 12.4 Å². The highest BCUT2D eigenvalue weighted by molar-refractivity contribution is 6.20. The van der Waals surface area contributed by atoms with Gasteiger partial charge in [0.2, 0.25) is 0 Å². The SMILES string of the molecule is CCC(CC(C)Cl)c1ncc[nH]1. The summed E-state index contributed by atoms with van der Waals surface area (Å²) in [7, 11) is 0. The highest BCUT2D eigenvalue weighted by atomic mass is 35.5. The largest absolute Gasteiger partial charge is 0.348 e. The lowest BCUT2D eigenvalue weighted by Gasteiger charge is -2.12. The second kappa shape index (κ2) is 4.51. The van der Waals surface area contributed by atoms with Gasteiger partial charge >= 0.3 is 0 Å². The molecule has 0 aliphatic rings. The van der Waals surface area contributed by atoms with Crippen LogP contribution in [-0.4, -0.2) is 15.3 Å². The summed E-state index contributed by atoms with van der Waals surface area (Å²) in [6, 6.07) is 0. The minimum absolute atomic E-state index is 0.222. The number of nitrogens with zero attached hydrogens (tertiary/aromatic N) is 1. The Morgan fingerprint density at radius 2 is 2.42 bits per heavy atom. The van der Waals surface area contributed by atoms with Gasteiger partial charge in [-0.2, -0.15) is 0 Å². The number of H-pyrrole nitrogens is 1. The molecule has 1 aromatic heterocycles. The summed E-state index contributed by atoms with van der Waals surface area (Å²) in [5.74, 6) is 1.54. The molecule has 0 aliphatic carbocycles. The van der Waals surface area contributed by atoms with Crippen LogP contribution in [0.5, 0.6) is 0 Å². The first-order chi connectivity index (χ1) is 5.74.